The Balaban J connectivity index is 1.41. The molecule has 7 rings (SSSR count). The normalized spacial score (nSPS) is 24.5. The van der Waals surface area contributed by atoms with Crippen molar-refractivity contribution in [3.63, 3.8) is 0 Å². The molecule has 2 aromatic heterocycles. The van der Waals surface area contributed by atoms with Gasteiger partial charge in [0, 0.05) is 30.3 Å². The molecule has 3 fully saturated rings. The number of aromatic nitrogens is 2. The molecular weight excluding hydrogens is 653 g/mol. The van der Waals surface area contributed by atoms with E-state index >= 15 is 8.78 Å². The number of halogens is 3. The first-order valence-electron chi connectivity index (χ1n) is 15.4. The van der Waals surface area contributed by atoms with Crippen LogP contribution in [0.3, 0.4) is 0 Å². The Hall–Kier alpha value is -4.43. The van der Waals surface area contributed by atoms with E-state index in [0.29, 0.717) is 24.3 Å². The molecule has 4 N–H and O–H groups in total. The van der Waals surface area contributed by atoms with Crippen LogP contribution in [0.2, 0.25) is 0 Å². The summed E-state index contributed by atoms with van der Waals surface area (Å²) in [5.74, 6) is -2.22. The molecule has 16 heteroatoms. The molecule has 48 heavy (non-hydrogen) atoms. The monoisotopic (exact) mass is 684 g/mol. The molecule has 1 amide bonds. The zero-order valence-corrected chi connectivity index (χ0v) is 26.5. The summed E-state index contributed by atoms with van der Waals surface area (Å²) in [6.45, 7) is 3.24. The van der Waals surface area contributed by atoms with Crippen LogP contribution in [-0.2, 0) is 4.74 Å². The fraction of sp³-hybridized carbons (Fsp3) is 0.438. The number of nitrogens with one attached hydrogen (secondary N) is 1. The zero-order valence-electron chi connectivity index (χ0n) is 25.7. The van der Waals surface area contributed by atoms with Crippen LogP contribution in [0.15, 0.2) is 18.2 Å². The molecule has 3 aliphatic heterocycles. The largest absolute Gasteiger partial charge is 0.507 e. The standard InChI is InChI=1S/C32H31F3N6O6S/c1-31(45)13-40(7-8-46-14-31)27-18-9-21(42)23(17-3-4-20(34)26-22(17)19(11-36)28(48-26)39-30(43)44)24(35)25(18)37-29(38-27)47-15-32-5-2-6-41(32)12-16(33)10-32/h3-4,9,16,39,42,45H,2,5-8,10,12-15H2,1H3,(H,43,44)/t16-,31?,32+/m1/s1. The van der Waals surface area contributed by atoms with Gasteiger partial charge in [-0.25, -0.2) is 18.0 Å². The van der Waals surface area contributed by atoms with Crippen LogP contribution in [0.1, 0.15) is 31.7 Å². The lowest BCUT2D eigenvalue weighted by Crippen LogP contribution is -2.44. The van der Waals surface area contributed by atoms with Gasteiger partial charge >= 0.3 is 12.1 Å². The SMILES string of the molecule is CC1(O)COCCN(c2nc(OC[C@@]34CCCN3C[C@H](F)C4)nc3c(F)c(-c4ccc(F)c5sc(NC(=O)O)c(C#N)c45)c(O)cc23)C1. The molecule has 0 radical (unpaired) electrons. The lowest BCUT2D eigenvalue weighted by atomic mass is 9.95. The molecule has 0 saturated carbocycles. The quantitative estimate of drug-likeness (QED) is 0.216. The van der Waals surface area contributed by atoms with Crippen LogP contribution in [0.25, 0.3) is 32.1 Å². The molecule has 3 saturated heterocycles. The minimum Gasteiger partial charge on any atom is -0.507 e. The highest BCUT2D eigenvalue weighted by molar-refractivity contribution is 7.23. The summed E-state index contributed by atoms with van der Waals surface area (Å²) >= 11 is 0.667. The Bertz CT molecular complexity index is 2000. The molecule has 4 aromatic rings. The number of phenolic OH excluding ortho intramolecular Hbond substituents is 1. The van der Waals surface area contributed by atoms with E-state index in [9.17, 15) is 29.8 Å². The Morgan fingerprint density at radius 3 is 2.90 bits per heavy atom. The summed E-state index contributed by atoms with van der Waals surface area (Å²) in [7, 11) is 0. The van der Waals surface area contributed by atoms with Gasteiger partial charge in [0.05, 0.1) is 41.1 Å². The molecule has 0 bridgehead atoms. The van der Waals surface area contributed by atoms with Gasteiger partial charge in [-0.3, -0.25) is 10.2 Å². The topological polar surface area (TPSA) is 164 Å². The van der Waals surface area contributed by atoms with E-state index in [1.165, 1.54) is 12.1 Å². The number of fused-ring (bicyclic) bond motifs is 3. The molecular formula is C32H31F3N6O6S. The molecule has 0 spiro atoms. The van der Waals surface area contributed by atoms with Gasteiger partial charge in [-0.15, -0.1) is 11.3 Å². The van der Waals surface area contributed by atoms with E-state index in [4.69, 9.17) is 9.47 Å². The van der Waals surface area contributed by atoms with Crippen molar-refractivity contribution in [1.29, 1.82) is 5.26 Å². The number of phenols is 1. The van der Waals surface area contributed by atoms with Gasteiger partial charge < -0.3 is 29.7 Å². The predicted molar refractivity (Wildman–Crippen MR) is 171 cm³/mol. The third kappa shape index (κ3) is 5.50. The Morgan fingerprint density at radius 1 is 1.31 bits per heavy atom. The van der Waals surface area contributed by atoms with E-state index in [0.717, 1.165) is 19.0 Å². The number of nitrogens with zero attached hydrogens (tertiary/aromatic N) is 5. The van der Waals surface area contributed by atoms with Gasteiger partial charge in [0.1, 0.15) is 52.4 Å². The van der Waals surface area contributed by atoms with Gasteiger partial charge in [-0.05, 0) is 44.0 Å². The highest BCUT2D eigenvalue weighted by Crippen LogP contribution is 2.47. The van der Waals surface area contributed by atoms with Gasteiger partial charge in [0.2, 0.25) is 0 Å². The predicted octanol–water partition coefficient (Wildman–Crippen LogP) is 5.00. The first kappa shape index (κ1) is 32.1. The number of carbonyl (C=O) groups is 1. The van der Waals surface area contributed by atoms with Crippen molar-refractivity contribution >= 4 is 49.2 Å². The summed E-state index contributed by atoms with van der Waals surface area (Å²) < 4.78 is 58.0. The maximum atomic E-state index is 16.9. The number of rotatable bonds is 6. The summed E-state index contributed by atoms with van der Waals surface area (Å²) in [6.07, 6.45) is -0.600. The van der Waals surface area contributed by atoms with Crippen molar-refractivity contribution in [2.45, 2.75) is 43.5 Å². The third-order valence-corrected chi connectivity index (χ3v) is 10.4. The van der Waals surface area contributed by atoms with E-state index in [1.54, 1.807) is 11.8 Å². The van der Waals surface area contributed by atoms with Crippen LogP contribution in [-0.4, -0.2) is 99.6 Å². The lowest BCUT2D eigenvalue weighted by Gasteiger charge is -2.31. The first-order chi connectivity index (χ1) is 22.9. The van der Waals surface area contributed by atoms with Gasteiger partial charge in [0.15, 0.2) is 5.82 Å². The summed E-state index contributed by atoms with van der Waals surface area (Å²) in [4.78, 5) is 24.2. The minimum atomic E-state index is -1.48. The lowest BCUT2D eigenvalue weighted by molar-refractivity contribution is -0.0123. The van der Waals surface area contributed by atoms with E-state index in [2.05, 4.69) is 20.2 Å². The number of benzene rings is 2. The molecule has 3 atom stereocenters. The number of ether oxygens (including phenoxy) is 2. The second kappa shape index (κ2) is 11.9. The number of carboxylic acid groups (broad SMARTS) is 1. The molecule has 2 aromatic carbocycles. The van der Waals surface area contributed by atoms with Crippen molar-refractivity contribution < 1.29 is 42.8 Å². The van der Waals surface area contributed by atoms with Gasteiger partial charge in [0.25, 0.3) is 0 Å². The fourth-order valence-electron chi connectivity index (χ4n) is 7.24. The number of anilines is 2. The second-order valence-electron chi connectivity index (χ2n) is 12.8. The number of hydrogen-bond donors (Lipinski definition) is 4. The molecule has 12 nitrogen and oxygen atoms in total. The summed E-state index contributed by atoms with van der Waals surface area (Å²) in [5, 5.41) is 43.4. The van der Waals surface area contributed by atoms with E-state index < -0.39 is 46.4 Å². The Kier molecular flexibility index (Phi) is 7.98. The second-order valence-corrected chi connectivity index (χ2v) is 13.8. The Morgan fingerprint density at radius 2 is 2.12 bits per heavy atom. The van der Waals surface area contributed by atoms with Crippen molar-refractivity contribution in [3.8, 4) is 29.0 Å². The van der Waals surface area contributed by atoms with Crippen molar-refractivity contribution in [3.05, 3.63) is 35.4 Å². The number of hydrogen-bond acceptors (Lipinski definition) is 11. The molecule has 5 heterocycles. The smallest absolute Gasteiger partial charge is 0.409 e. The molecule has 252 valence electrons. The highest BCUT2D eigenvalue weighted by Gasteiger charge is 2.49. The number of aliphatic hydroxyl groups is 1. The highest BCUT2D eigenvalue weighted by atomic mass is 32.1. The van der Waals surface area contributed by atoms with Gasteiger partial charge in [-0.2, -0.15) is 15.2 Å². The van der Waals surface area contributed by atoms with Gasteiger partial charge in [-0.1, -0.05) is 6.07 Å². The average molecular weight is 685 g/mol. The maximum absolute atomic E-state index is 16.9. The third-order valence-electron chi connectivity index (χ3n) is 9.24. The fourth-order valence-corrected chi connectivity index (χ4v) is 8.31. The van der Waals surface area contributed by atoms with E-state index in [-0.39, 0.29) is 88.3 Å². The molecule has 0 aliphatic carbocycles. The van der Waals surface area contributed by atoms with Crippen LogP contribution >= 0.6 is 11.3 Å². The Labute approximate surface area is 275 Å². The number of aromatic hydroxyl groups is 1. The van der Waals surface area contributed by atoms with Crippen molar-refractivity contribution in [1.82, 2.24) is 14.9 Å². The van der Waals surface area contributed by atoms with Crippen molar-refractivity contribution in [2.75, 3.05) is 56.2 Å². The number of alkyl halides is 1. The number of amides is 1. The van der Waals surface area contributed by atoms with Crippen LogP contribution < -0.4 is 15.0 Å². The maximum Gasteiger partial charge on any atom is 0.409 e. The number of nitriles is 1. The summed E-state index contributed by atoms with van der Waals surface area (Å²) in [5.41, 5.74) is -2.82. The van der Waals surface area contributed by atoms with Crippen LogP contribution in [0.4, 0.5) is 28.8 Å². The minimum absolute atomic E-state index is 0.0440. The number of thiophene rings is 1. The average Bonchev–Trinajstić information content (AvgIpc) is 3.63. The zero-order chi connectivity index (χ0) is 34.0. The van der Waals surface area contributed by atoms with E-state index in [1.807, 2.05) is 6.07 Å². The van der Waals surface area contributed by atoms with Crippen LogP contribution in [0, 0.1) is 23.0 Å². The number of β-amino-alcohol motifs (C(OH)–C–C–N with tert-alkyl or cyclic N) is 1. The first-order valence-corrected chi connectivity index (χ1v) is 16.2. The van der Waals surface area contributed by atoms with Crippen LogP contribution in [0.5, 0.6) is 11.8 Å². The van der Waals surface area contributed by atoms with Crippen molar-refractivity contribution in [2.24, 2.45) is 0 Å². The molecule has 1 unspecified atom stereocenters. The molecule has 3 aliphatic rings. The summed E-state index contributed by atoms with van der Waals surface area (Å²) in [6, 6.07) is 5.15.